The molecule has 2 aliphatic heterocycles. The maximum atomic E-state index is 13.1. The van der Waals surface area contributed by atoms with Crippen molar-refractivity contribution in [2.75, 3.05) is 18.4 Å². The van der Waals surface area contributed by atoms with E-state index in [2.05, 4.69) is 32.4 Å². The maximum absolute atomic E-state index is 13.1. The van der Waals surface area contributed by atoms with Gasteiger partial charge in [-0.3, -0.25) is 9.79 Å². The summed E-state index contributed by atoms with van der Waals surface area (Å²) in [6, 6.07) is 4.11. The molecule has 1 aliphatic carbocycles. The molecular weight excluding hydrogens is 478 g/mol. The van der Waals surface area contributed by atoms with Crippen LogP contribution >= 0.6 is 11.3 Å². The topological polar surface area (TPSA) is 120 Å². The summed E-state index contributed by atoms with van der Waals surface area (Å²) in [4.78, 5) is 30.2. The molecule has 10 heteroatoms. The number of anilines is 2. The predicted octanol–water partition coefficient (Wildman–Crippen LogP) is 2.82. The van der Waals surface area contributed by atoms with Crippen LogP contribution in [0.3, 0.4) is 0 Å². The number of amides is 1. The normalized spacial score (nSPS) is 22.8. The number of ether oxygens (including phenoxy) is 1. The van der Waals surface area contributed by atoms with Crippen LogP contribution in [0.2, 0.25) is 0 Å². The van der Waals surface area contributed by atoms with Gasteiger partial charge < -0.3 is 25.2 Å². The predicted molar refractivity (Wildman–Crippen MR) is 138 cm³/mol. The molecule has 0 saturated carbocycles. The number of carbonyl (C=O) groups excluding carboxylic acids is 1. The molecule has 3 atom stereocenters. The second-order valence-electron chi connectivity index (χ2n) is 10.0. The smallest absolute Gasteiger partial charge is 0.226 e. The van der Waals surface area contributed by atoms with Crippen molar-refractivity contribution >= 4 is 45.2 Å². The summed E-state index contributed by atoms with van der Waals surface area (Å²) in [6.45, 7) is 5.07. The molecule has 0 spiro atoms. The molecule has 0 unspecified atom stereocenters. The third-order valence-corrected chi connectivity index (χ3v) is 8.28. The van der Waals surface area contributed by atoms with Gasteiger partial charge in [0.2, 0.25) is 5.91 Å². The molecule has 1 saturated heterocycles. The maximum Gasteiger partial charge on any atom is 0.226 e. The number of fused-ring (bicyclic) bond motifs is 4. The van der Waals surface area contributed by atoms with E-state index in [1.165, 1.54) is 5.56 Å². The van der Waals surface area contributed by atoms with Crippen LogP contribution in [0.15, 0.2) is 23.5 Å². The van der Waals surface area contributed by atoms with Crippen LogP contribution in [0.5, 0.6) is 5.75 Å². The fourth-order valence-electron chi connectivity index (χ4n) is 5.34. The molecule has 1 fully saturated rings. The zero-order valence-corrected chi connectivity index (χ0v) is 21.1. The van der Waals surface area contributed by atoms with Crippen molar-refractivity contribution in [3.05, 3.63) is 40.0 Å². The first-order valence-electron chi connectivity index (χ1n) is 12.4. The molecule has 3 aliphatic rings. The number of nitrogens with zero attached hydrogens (tertiary/aromatic N) is 4. The van der Waals surface area contributed by atoms with E-state index in [1.807, 2.05) is 20.1 Å². The van der Waals surface area contributed by atoms with E-state index < -0.39 is 12.2 Å². The zero-order chi connectivity index (χ0) is 25.0. The van der Waals surface area contributed by atoms with E-state index in [4.69, 9.17) is 4.74 Å². The number of likely N-dealkylation sites (tertiary alicyclic amines) is 1. The summed E-state index contributed by atoms with van der Waals surface area (Å²) in [6.07, 6.45) is 3.85. The monoisotopic (exact) mass is 507 g/mol. The molecule has 188 valence electrons. The minimum atomic E-state index is -0.864. The van der Waals surface area contributed by atoms with Gasteiger partial charge >= 0.3 is 0 Å². The second-order valence-corrected chi connectivity index (χ2v) is 11.1. The number of benzene rings is 1. The highest BCUT2D eigenvalue weighted by molar-refractivity contribution is 7.19. The van der Waals surface area contributed by atoms with Crippen molar-refractivity contribution in [1.82, 2.24) is 14.9 Å². The number of hydrogen-bond acceptors (Lipinski definition) is 9. The summed E-state index contributed by atoms with van der Waals surface area (Å²) < 4.78 is 6.12. The summed E-state index contributed by atoms with van der Waals surface area (Å²) in [5.41, 5.74) is 4.25. The van der Waals surface area contributed by atoms with Gasteiger partial charge in [0.05, 0.1) is 35.9 Å². The van der Waals surface area contributed by atoms with Crippen molar-refractivity contribution in [3.63, 3.8) is 0 Å². The SMILES string of the molecule is CC(C)Oc1cc2c(cc1Nc1ncnc3sc4c(c13)CC[C@H](C(=O)N1C[C@H](O)[C@@H](O)C1)C4)C=NC2. The Balaban J connectivity index is 1.30. The van der Waals surface area contributed by atoms with Crippen molar-refractivity contribution in [3.8, 4) is 5.75 Å². The Morgan fingerprint density at radius 2 is 2.03 bits per heavy atom. The minimum Gasteiger partial charge on any atom is -0.489 e. The van der Waals surface area contributed by atoms with E-state index in [0.717, 1.165) is 49.9 Å². The van der Waals surface area contributed by atoms with Gasteiger partial charge in [0.1, 0.15) is 22.7 Å². The van der Waals surface area contributed by atoms with Gasteiger partial charge in [-0.1, -0.05) is 0 Å². The summed E-state index contributed by atoms with van der Waals surface area (Å²) in [5, 5.41) is 24.2. The van der Waals surface area contributed by atoms with Crippen molar-refractivity contribution in [1.29, 1.82) is 0 Å². The second kappa shape index (κ2) is 9.10. The third-order valence-electron chi connectivity index (χ3n) is 7.11. The largest absolute Gasteiger partial charge is 0.489 e. The van der Waals surface area contributed by atoms with Crippen LogP contribution in [0, 0.1) is 5.92 Å². The zero-order valence-electron chi connectivity index (χ0n) is 20.3. The first kappa shape index (κ1) is 23.3. The molecule has 2 aromatic heterocycles. The van der Waals surface area contributed by atoms with Gasteiger partial charge in [-0.2, -0.15) is 0 Å². The fourth-order valence-corrected chi connectivity index (χ4v) is 6.61. The fraction of sp³-hybridized carbons (Fsp3) is 0.462. The van der Waals surface area contributed by atoms with E-state index in [0.29, 0.717) is 19.4 Å². The standard InChI is InChI=1S/C26H29N5O4S/c1-13(2)35-21-6-16-9-27-8-15(16)5-18(21)30-24-23-17-4-3-14(7-22(17)36-25(23)29-12-28-24)26(34)31-10-19(32)20(33)11-31/h5-6,8,12-14,19-20,32-33H,3-4,7,9-11H2,1-2H3,(H,28,29,30)/t14-,19-,20-/m0/s1. The number of β-amino-alcohol motifs (C(OH)–C–C–N with tert-alkyl or cyclic N) is 2. The lowest BCUT2D eigenvalue weighted by Gasteiger charge is -2.26. The molecule has 6 rings (SSSR count). The highest BCUT2D eigenvalue weighted by atomic mass is 32.1. The molecule has 4 heterocycles. The lowest BCUT2D eigenvalue weighted by Crippen LogP contribution is -2.37. The number of nitrogens with one attached hydrogen (secondary N) is 1. The van der Waals surface area contributed by atoms with E-state index in [1.54, 1.807) is 22.6 Å². The highest BCUT2D eigenvalue weighted by Gasteiger charge is 2.37. The Morgan fingerprint density at radius 3 is 2.81 bits per heavy atom. The molecule has 0 bridgehead atoms. The van der Waals surface area contributed by atoms with E-state index in [-0.39, 0.29) is 31.0 Å². The summed E-state index contributed by atoms with van der Waals surface area (Å²) in [7, 11) is 0. The lowest BCUT2D eigenvalue weighted by atomic mass is 9.87. The Kier molecular flexibility index (Phi) is 5.89. The van der Waals surface area contributed by atoms with Crippen molar-refractivity contribution in [2.24, 2.45) is 10.9 Å². The molecule has 1 amide bonds. The van der Waals surface area contributed by atoms with Crippen molar-refractivity contribution < 1.29 is 19.7 Å². The van der Waals surface area contributed by atoms with Crippen molar-refractivity contribution in [2.45, 2.75) is 58.0 Å². The van der Waals surface area contributed by atoms with Crippen LogP contribution < -0.4 is 10.1 Å². The number of aromatic nitrogens is 2. The number of thiophene rings is 1. The number of aliphatic imine (C=N–C) groups is 1. The van der Waals surface area contributed by atoms with Crippen LogP contribution in [0.1, 0.15) is 41.8 Å². The molecule has 3 N–H and O–H groups in total. The average molecular weight is 508 g/mol. The van der Waals surface area contributed by atoms with Gasteiger partial charge in [-0.15, -0.1) is 11.3 Å². The Labute approximate surface area is 212 Å². The van der Waals surface area contributed by atoms with Crippen LogP contribution in [0.4, 0.5) is 11.5 Å². The molecule has 1 aromatic carbocycles. The van der Waals surface area contributed by atoms with Crippen LogP contribution in [-0.4, -0.2) is 68.6 Å². The quantitative estimate of drug-likeness (QED) is 0.486. The minimum absolute atomic E-state index is 0.00780. The Hall–Kier alpha value is -3.08. The van der Waals surface area contributed by atoms with Gasteiger partial charge in [0.25, 0.3) is 0 Å². The molecule has 3 aromatic rings. The number of aryl methyl sites for hydroxylation is 1. The van der Waals surface area contributed by atoms with Crippen LogP contribution in [0.25, 0.3) is 10.2 Å². The molecular formula is C26H29N5O4S. The molecule has 9 nitrogen and oxygen atoms in total. The Bertz CT molecular complexity index is 1360. The third kappa shape index (κ3) is 4.12. The van der Waals surface area contributed by atoms with Gasteiger partial charge in [0, 0.05) is 30.1 Å². The van der Waals surface area contributed by atoms with E-state index in [9.17, 15) is 15.0 Å². The first-order valence-corrected chi connectivity index (χ1v) is 13.2. The molecule has 36 heavy (non-hydrogen) atoms. The lowest BCUT2D eigenvalue weighted by molar-refractivity contribution is -0.135. The van der Waals surface area contributed by atoms with Gasteiger partial charge in [-0.25, -0.2) is 9.97 Å². The number of rotatable bonds is 5. The highest BCUT2D eigenvalue weighted by Crippen LogP contribution is 2.42. The van der Waals surface area contributed by atoms with Crippen LogP contribution in [-0.2, 0) is 24.2 Å². The number of hydrogen-bond donors (Lipinski definition) is 3. The van der Waals surface area contributed by atoms with Gasteiger partial charge in [0.15, 0.2) is 0 Å². The van der Waals surface area contributed by atoms with Gasteiger partial charge in [-0.05, 0) is 61.9 Å². The van der Waals surface area contributed by atoms with E-state index >= 15 is 0 Å². The number of carbonyl (C=O) groups is 1. The summed E-state index contributed by atoms with van der Waals surface area (Å²) >= 11 is 1.61. The first-order chi connectivity index (χ1) is 17.4. The summed E-state index contributed by atoms with van der Waals surface area (Å²) in [5.74, 6) is 1.35. The number of aliphatic hydroxyl groups is 2. The number of aliphatic hydroxyl groups excluding tert-OH is 2. The molecule has 0 radical (unpaired) electrons. The average Bonchev–Trinajstić information content (AvgIpc) is 3.55. The Morgan fingerprint density at radius 1 is 1.22 bits per heavy atom.